The number of fused-ring (bicyclic) bond motifs is 2. The first kappa shape index (κ1) is 26.0. The highest BCUT2D eigenvalue weighted by molar-refractivity contribution is 6.74. The smallest absolute Gasteiger partial charge is 0.302 e. The maximum atomic E-state index is 13.1. The highest BCUT2D eigenvalue weighted by Gasteiger charge is 2.61. The van der Waals surface area contributed by atoms with Crippen molar-refractivity contribution < 1.29 is 28.3 Å². The van der Waals surface area contributed by atoms with Crippen LogP contribution in [0.5, 0.6) is 0 Å². The lowest BCUT2D eigenvalue weighted by atomic mass is 9.48. The molecule has 2 saturated carbocycles. The van der Waals surface area contributed by atoms with Gasteiger partial charge in [-0.25, -0.2) is 0 Å². The average Bonchev–Trinajstić information content (AvgIpc) is 2.60. The molecule has 2 unspecified atom stereocenters. The number of carbonyl (C=O) groups excluding carboxylic acids is 3. The highest BCUT2D eigenvalue weighted by Crippen LogP contribution is 2.58. The summed E-state index contributed by atoms with van der Waals surface area (Å²) in [6.45, 7) is 18.0. The quantitative estimate of drug-likeness (QED) is 0.408. The molecule has 7 heteroatoms. The Labute approximate surface area is 188 Å². The van der Waals surface area contributed by atoms with E-state index in [1.165, 1.54) is 13.8 Å². The lowest BCUT2D eigenvalue weighted by Crippen LogP contribution is -2.64. The molecule has 6 atom stereocenters. The van der Waals surface area contributed by atoms with E-state index in [0.717, 1.165) is 19.3 Å². The van der Waals surface area contributed by atoms with Crippen molar-refractivity contribution in [1.29, 1.82) is 0 Å². The van der Waals surface area contributed by atoms with Crippen LogP contribution < -0.4 is 0 Å². The molecule has 2 fully saturated rings. The fourth-order valence-electron chi connectivity index (χ4n) is 5.48. The third kappa shape index (κ3) is 5.24. The Hall–Kier alpha value is -1.21. The Bertz CT molecular complexity index is 661. The van der Waals surface area contributed by atoms with Crippen molar-refractivity contribution in [2.75, 3.05) is 13.2 Å². The van der Waals surface area contributed by atoms with Crippen LogP contribution in [-0.2, 0) is 28.3 Å². The molecule has 31 heavy (non-hydrogen) atoms. The third-order valence-electron chi connectivity index (χ3n) is 8.42. The zero-order chi connectivity index (χ0) is 23.8. The van der Waals surface area contributed by atoms with Crippen LogP contribution in [0.2, 0.25) is 18.1 Å². The van der Waals surface area contributed by atoms with Gasteiger partial charge in [0.1, 0.15) is 5.78 Å². The maximum Gasteiger partial charge on any atom is 0.302 e. The summed E-state index contributed by atoms with van der Waals surface area (Å²) in [6.07, 6.45) is 2.91. The fraction of sp³-hybridized carbons (Fsp3) is 0.875. The number of ether oxygens (including phenoxy) is 2. The molecule has 0 saturated heterocycles. The zero-order valence-corrected chi connectivity index (χ0v) is 21.9. The molecule has 2 aliphatic rings. The van der Waals surface area contributed by atoms with Crippen LogP contribution in [0.4, 0.5) is 0 Å². The molecule has 2 bridgehead atoms. The average molecular weight is 455 g/mol. The van der Waals surface area contributed by atoms with Gasteiger partial charge in [0.15, 0.2) is 8.32 Å². The van der Waals surface area contributed by atoms with E-state index in [9.17, 15) is 14.4 Å². The van der Waals surface area contributed by atoms with Crippen molar-refractivity contribution in [3.8, 4) is 0 Å². The number of esters is 2. The first-order valence-corrected chi connectivity index (χ1v) is 14.5. The van der Waals surface area contributed by atoms with Gasteiger partial charge in [-0.2, -0.15) is 0 Å². The van der Waals surface area contributed by atoms with Crippen LogP contribution in [0.3, 0.4) is 0 Å². The minimum absolute atomic E-state index is 0.0248. The Kier molecular flexibility index (Phi) is 7.84. The summed E-state index contributed by atoms with van der Waals surface area (Å²) in [7, 11) is -2.08. The fourth-order valence-corrected chi connectivity index (χ4v) is 6.87. The first-order valence-electron chi connectivity index (χ1n) is 11.6. The van der Waals surface area contributed by atoms with Gasteiger partial charge in [-0.1, -0.05) is 34.1 Å². The van der Waals surface area contributed by atoms with Gasteiger partial charge in [-0.3, -0.25) is 14.4 Å². The number of Topliss-reactive ketones (excluding diaryl/α,β-unsaturated/α-hetero) is 1. The molecule has 6 nitrogen and oxygen atoms in total. The molecule has 0 spiro atoms. The summed E-state index contributed by atoms with van der Waals surface area (Å²) in [5, 5.41) is 0.0549. The van der Waals surface area contributed by atoms with Gasteiger partial charge in [0, 0.05) is 31.1 Å². The molecule has 2 aliphatic carbocycles. The molecule has 0 N–H and O–H groups in total. The highest BCUT2D eigenvalue weighted by atomic mass is 28.4. The summed E-state index contributed by atoms with van der Waals surface area (Å²) >= 11 is 0. The molecule has 178 valence electrons. The van der Waals surface area contributed by atoms with E-state index < -0.39 is 13.7 Å². The van der Waals surface area contributed by atoms with E-state index in [1.54, 1.807) is 6.92 Å². The molecule has 0 aromatic heterocycles. The second kappa shape index (κ2) is 9.34. The summed E-state index contributed by atoms with van der Waals surface area (Å²) in [5.41, 5.74) is -0.742. The van der Waals surface area contributed by atoms with Crippen molar-refractivity contribution in [2.45, 2.75) is 92.0 Å². The lowest BCUT2D eigenvalue weighted by molar-refractivity contribution is -0.187. The largest absolute Gasteiger partial charge is 0.466 e. The van der Waals surface area contributed by atoms with Crippen molar-refractivity contribution in [1.82, 2.24) is 0 Å². The van der Waals surface area contributed by atoms with Gasteiger partial charge in [0.25, 0.3) is 0 Å². The molecule has 0 heterocycles. The third-order valence-corrected chi connectivity index (χ3v) is 12.9. The number of hydrogen-bond donors (Lipinski definition) is 0. The van der Waals surface area contributed by atoms with Crippen LogP contribution in [0.15, 0.2) is 0 Å². The summed E-state index contributed by atoms with van der Waals surface area (Å²) in [5.74, 6) is -0.695. The van der Waals surface area contributed by atoms with Gasteiger partial charge < -0.3 is 13.9 Å². The molecule has 0 amide bonds. The monoisotopic (exact) mass is 454 g/mol. The molecule has 0 radical (unpaired) electrons. The Morgan fingerprint density at radius 2 is 1.32 bits per heavy atom. The second-order valence-corrected chi connectivity index (χ2v) is 16.0. The SMILES string of the molecule is CC(=O)OC[C@@H]1[C@H]2CCC[C@H](C2O[Si](C)(C)C(C)(C)C)[C@H](COC(C)=O)C1(C)C(C)=O. The van der Waals surface area contributed by atoms with Gasteiger partial charge in [0.2, 0.25) is 0 Å². The molecule has 0 aliphatic heterocycles. The van der Waals surface area contributed by atoms with E-state index in [0.29, 0.717) is 0 Å². The predicted molar refractivity (Wildman–Crippen MR) is 122 cm³/mol. The summed E-state index contributed by atoms with van der Waals surface area (Å²) in [4.78, 5) is 36.5. The van der Waals surface area contributed by atoms with Crippen LogP contribution in [0.25, 0.3) is 0 Å². The molecule has 2 rings (SSSR count). The van der Waals surface area contributed by atoms with Gasteiger partial charge in [-0.15, -0.1) is 0 Å². The van der Waals surface area contributed by atoms with Gasteiger partial charge in [-0.05, 0) is 49.7 Å². The number of hydrogen-bond acceptors (Lipinski definition) is 6. The minimum atomic E-state index is -2.08. The van der Waals surface area contributed by atoms with Gasteiger partial charge >= 0.3 is 11.9 Å². The molecular weight excluding hydrogens is 412 g/mol. The summed E-state index contributed by atoms with van der Waals surface area (Å²) < 4.78 is 18.0. The Balaban J connectivity index is 2.54. The van der Waals surface area contributed by atoms with Crippen LogP contribution in [0.1, 0.15) is 67.7 Å². The van der Waals surface area contributed by atoms with Crippen LogP contribution in [-0.4, -0.2) is 45.4 Å². The van der Waals surface area contributed by atoms with Crippen molar-refractivity contribution in [2.24, 2.45) is 29.1 Å². The van der Waals surface area contributed by atoms with Crippen LogP contribution >= 0.6 is 0 Å². The standard InChI is InChI=1S/C24H42O6Si/c1-15(25)24(7)20(13-28-16(2)26)18-11-10-12-19(21(24)14-29-17(3)27)22(18)30-31(8,9)23(4,5)6/h18-22H,10-14H2,1-9H3/t18-,19+,20-,21+,22?,24?. The normalized spacial score (nSPS) is 33.5. The van der Waals surface area contributed by atoms with Gasteiger partial charge in [0.05, 0.1) is 19.3 Å². The zero-order valence-electron chi connectivity index (χ0n) is 20.9. The van der Waals surface area contributed by atoms with Crippen molar-refractivity contribution in [3.63, 3.8) is 0 Å². The summed E-state index contributed by atoms with van der Waals surface area (Å²) in [6, 6.07) is 0. The Morgan fingerprint density at radius 3 is 1.65 bits per heavy atom. The molecule has 0 aromatic rings. The second-order valence-electron chi connectivity index (χ2n) is 11.3. The molecule has 0 aromatic carbocycles. The van der Waals surface area contributed by atoms with Crippen LogP contribution in [0, 0.1) is 29.1 Å². The predicted octanol–water partition coefficient (Wildman–Crippen LogP) is 4.76. The number of ketones is 1. The van der Waals surface area contributed by atoms with Crippen molar-refractivity contribution in [3.05, 3.63) is 0 Å². The molecular formula is C24H42O6Si. The Morgan fingerprint density at radius 1 is 0.903 bits per heavy atom. The van der Waals surface area contributed by atoms with E-state index in [-0.39, 0.29) is 65.7 Å². The minimum Gasteiger partial charge on any atom is -0.466 e. The van der Waals surface area contributed by atoms with E-state index in [2.05, 4.69) is 33.9 Å². The topological polar surface area (TPSA) is 78.9 Å². The van der Waals surface area contributed by atoms with E-state index >= 15 is 0 Å². The maximum absolute atomic E-state index is 13.1. The lowest BCUT2D eigenvalue weighted by Gasteiger charge is -2.60. The van der Waals surface area contributed by atoms with Crippen molar-refractivity contribution >= 4 is 26.0 Å². The first-order chi connectivity index (χ1) is 14.1. The van der Waals surface area contributed by atoms with E-state index in [4.69, 9.17) is 13.9 Å². The van der Waals surface area contributed by atoms with E-state index in [1.807, 2.05) is 6.92 Å². The number of carbonyl (C=O) groups is 3. The number of rotatable bonds is 7.